The number of furan rings is 1. The summed E-state index contributed by atoms with van der Waals surface area (Å²) in [5, 5.41) is 0. The van der Waals surface area contributed by atoms with Gasteiger partial charge in [0.15, 0.2) is 11.5 Å². The van der Waals surface area contributed by atoms with Gasteiger partial charge in [-0.15, -0.1) is 0 Å². The van der Waals surface area contributed by atoms with Crippen LogP contribution in [0.4, 0.5) is 0 Å². The molecule has 0 spiro atoms. The van der Waals surface area contributed by atoms with Crippen LogP contribution < -0.4 is 0 Å². The highest BCUT2D eigenvalue weighted by atomic mass is 16.5. The SMILES string of the molecule is C[C@@H](CCc1ccccc1)N(Cc1ccco1)C(=O)C1=CC(=O)CC(C)(C)O1. The van der Waals surface area contributed by atoms with Gasteiger partial charge in [-0.2, -0.15) is 0 Å². The number of allylic oxidation sites excluding steroid dienone is 1. The third kappa shape index (κ3) is 5.12. The van der Waals surface area contributed by atoms with Crippen LogP contribution in [0.5, 0.6) is 0 Å². The largest absolute Gasteiger partial charge is 0.481 e. The number of ketones is 1. The van der Waals surface area contributed by atoms with Crippen LogP contribution >= 0.6 is 0 Å². The molecule has 5 heteroatoms. The summed E-state index contributed by atoms with van der Waals surface area (Å²) in [6.07, 6.45) is 4.84. The third-order valence-electron chi connectivity index (χ3n) is 4.88. The van der Waals surface area contributed by atoms with Gasteiger partial charge in [-0.3, -0.25) is 9.59 Å². The fourth-order valence-corrected chi connectivity index (χ4v) is 3.40. The van der Waals surface area contributed by atoms with E-state index < -0.39 is 5.60 Å². The molecule has 1 atom stereocenters. The second-order valence-electron chi connectivity index (χ2n) is 7.90. The van der Waals surface area contributed by atoms with Gasteiger partial charge in [-0.25, -0.2) is 0 Å². The van der Waals surface area contributed by atoms with E-state index in [0.29, 0.717) is 12.3 Å². The molecular weight excluding hydrogens is 354 g/mol. The Balaban J connectivity index is 1.78. The molecule has 0 aliphatic carbocycles. The fourth-order valence-electron chi connectivity index (χ4n) is 3.40. The van der Waals surface area contributed by atoms with Gasteiger partial charge in [0.25, 0.3) is 5.91 Å². The van der Waals surface area contributed by atoms with Gasteiger partial charge in [-0.1, -0.05) is 30.3 Å². The van der Waals surface area contributed by atoms with Crippen molar-refractivity contribution in [3.63, 3.8) is 0 Å². The summed E-state index contributed by atoms with van der Waals surface area (Å²) < 4.78 is 11.3. The lowest BCUT2D eigenvalue weighted by Crippen LogP contribution is -2.43. The summed E-state index contributed by atoms with van der Waals surface area (Å²) in [5.41, 5.74) is 0.546. The molecule has 148 valence electrons. The number of aryl methyl sites for hydroxylation is 1. The molecule has 1 aliphatic rings. The predicted octanol–water partition coefficient (Wildman–Crippen LogP) is 4.28. The zero-order valence-corrected chi connectivity index (χ0v) is 16.7. The fraction of sp³-hybridized carbons (Fsp3) is 0.391. The van der Waals surface area contributed by atoms with E-state index in [4.69, 9.17) is 9.15 Å². The maximum Gasteiger partial charge on any atom is 0.289 e. The summed E-state index contributed by atoms with van der Waals surface area (Å²) >= 11 is 0. The van der Waals surface area contributed by atoms with Crippen LogP contribution in [0.1, 0.15) is 44.9 Å². The van der Waals surface area contributed by atoms with Crippen molar-refractivity contribution in [2.45, 2.75) is 58.2 Å². The maximum atomic E-state index is 13.2. The molecule has 2 heterocycles. The number of ether oxygens (including phenoxy) is 1. The lowest BCUT2D eigenvalue weighted by molar-refractivity contribution is -0.140. The Morgan fingerprint density at radius 1 is 1.18 bits per heavy atom. The second-order valence-corrected chi connectivity index (χ2v) is 7.90. The van der Waals surface area contributed by atoms with E-state index in [1.807, 2.05) is 45.0 Å². The lowest BCUT2D eigenvalue weighted by atomic mass is 9.98. The summed E-state index contributed by atoms with van der Waals surface area (Å²) in [7, 11) is 0. The Morgan fingerprint density at radius 2 is 1.93 bits per heavy atom. The van der Waals surface area contributed by atoms with Crippen LogP contribution in [0.25, 0.3) is 0 Å². The van der Waals surface area contributed by atoms with Crippen LogP contribution in [0.15, 0.2) is 65.0 Å². The van der Waals surface area contributed by atoms with Crippen molar-refractivity contribution >= 4 is 11.7 Å². The lowest BCUT2D eigenvalue weighted by Gasteiger charge is -2.34. The van der Waals surface area contributed by atoms with Gasteiger partial charge < -0.3 is 14.1 Å². The minimum atomic E-state index is -0.680. The molecule has 1 aromatic heterocycles. The molecule has 28 heavy (non-hydrogen) atoms. The third-order valence-corrected chi connectivity index (χ3v) is 4.88. The number of nitrogens with zero attached hydrogens (tertiary/aromatic N) is 1. The number of benzene rings is 1. The van der Waals surface area contributed by atoms with Crippen LogP contribution in [0.3, 0.4) is 0 Å². The van der Waals surface area contributed by atoms with E-state index in [1.165, 1.54) is 11.6 Å². The summed E-state index contributed by atoms with van der Waals surface area (Å²) in [6.45, 7) is 5.99. The van der Waals surface area contributed by atoms with E-state index in [0.717, 1.165) is 12.8 Å². The van der Waals surface area contributed by atoms with Gasteiger partial charge in [0.2, 0.25) is 0 Å². The zero-order valence-electron chi connectivity index (χ0n) is 16.7. The first kappa shape index (κ1) is 19.9. The van der Waals surface area contributed by atoms with E-state index in [-0.39, 0.29) is 29.9 Å². The standard InChI is InChI=1S/C23H27NO4/c1-17(11-12-18-8-5-4-6-9-18)24(16-20-10-7-13-27-20)22(26)21-14-19(25)15-23(2,3)28-21/h4-10,13-14,17H,11-12,15-16H2,1-3H3/t17-/m0/s1. The second kappa shape index (κ2) is 8.46. The monoisotopic (exact) mass is 381 g/mol. The van der Waals surface area contributed by atoms with Gasteiger partial charge in [-0.05, 0) is 51.3 Å². The molecule has 1 aliphatic heterocycles. The normalized spacial score (nSPS) is 16.8. The Hall–Kier alpha value is -2.82. The Bertz CT molecular complexity index is 837. The minimum absolute atomic E-state index is 0.0533. The molecule has 2 aromatic rings. The molecule has 3 rings (SSSR count). The Kier molecular flexibility index (Phi) is 6.02. The van der Waals surface area contributed by atoms with E-state index >= 15 is 0 Å². The number of hydrogen-bond acceptors (Lipinski definition) is 4. The Labute approximate surface area is 166 Å². The van der Waals surface area contributed by atoms with Crippen molar-refractivity contribution in [3.05, 3.63) is 71.9 Å². The highest BCUT2D eigenvalue weighted by molar-refractivity contribution is 6.01. The quantitative estimate of drug-likeness (QED) is 0.718. The van der Waals surface area contributed by atoms with E-state index in [1.54, 1.807) is 17.2 Å². The molecule has 0 unspecified atom stereocenters. The first-order valence-electron chi connectivity index (χ1n) is 9.65. The van der Waals surface area contributed by atoms with Crippen molar-refractivity contribution < 1.29 is 18.7 Å². The average Bonchev–Trinajstić information content (AvgIpc) is 3.16. The molecule has 0 saturated carbocycles. The van der Waals surface area contributed by atoms with Crippen molar-refractivity contribution in [3.8, 4) is 0 Å². The average molecular weight is 381 g/mol. The topological polar surface area (TPSA) is 59.8 Å². The van der Waals surface area contributed by atoms with Gasteiger partial charge in [0.05, 0.1) is 12.8 Å². The molecule has 0 saturated heterocycles. The molecule has 0 bridgehead atoms. The zero-order chi connectivity index (χ0) is 20.1. The molecular formula is C23H27NO4. The number of carbonyl (C=O) groups excluding carboxylic acids is 2. The molecule has 0 N–H and O–H groups in total. The van der Waals surface area contributed by atoms with Crippen LogP contribution in [0, 0.1) is 0 Å². The predicted molar refractivity (Wildman–Crippen MR) is 106 cm³/mol. The van der Waals surface area contributed by atoms with E-state index in [9.17, 15) is 9.59 Å². The number of rotatable bonds is 7. The van der Waals surface area contributed by atoms with Crippen molar-refractivity contribution in [1.29, 1.82) is 0 Å². The van der Waals surface area contributed by atoms with Gasteiger partial charge >= 0.3 is 0 Å². The number of carbonyl (C=O) groups is 2. The molecule has 1 aromatic carbocycles. The van der Waals surface area contributed by atoms with Crippen molar-refractivity contribution in [2.75, 3.05) is 0 Å². The van der Waals surface area contributed by atoms with Crippen molar-refractivity contribution in [2.24, 2.45) is 0 Å². The van der Waals surface area contributed by atoms with Crippen molar-refractivity contribution in [1.82, 2.24) is 4.90 Å². The highest BCUT2D eigenvalue weighted by Crippen LogP contribution is 2.27. The number of hydrogen-bond donors (Lipinski definition) is 0. The van der Waals surface area contributed by atoms with E-state index in [2.05, 4.69) is 12.1 Å². The number of amides is 1. The summed E-state index contributed by atoms with van der Waals surface area (Å²) in [5.74, 6) is 0.439. The van der Waals surface area contributed by atoms with Gasteiger partial charge in [0, 0.05) is 18.5 Å². The first-order valence-corrected chi connectivity index (χ1v) is 9.65. The minimum Gasteiger partial charge on any atom is -0.481 e. The van der Waals surface area contributed by atoms with Crippen LogP contribution in [0.2, 0.25) is 0 Å². The Morgan fingerprint density at radius 3 is 2.57 bits per heavy atom. The summed E-state index contributed by atoms with van der Waals surface area (Å²) in [6, 6.07) is 13.8. The first-order chi connectivity index (χ1) is 13.3. The van der Waals surface area contributed by atoms with Crippen LogP contribution in [-0.4, -0.2) is 28.2 Å². The van der Waals surface area contributed by atoms with Gasteiger partial charge in [0.1, 0.15) is 11.4 Å². The molecule has 0 radical (unpaired) electrons. The molecule has 5 nitrogen and oxygen atoms in total. The smallest absolute Gasteiger partial charge is 0.289 e. The summed E-state index contributed by atoms with van der Waals surface area (Å²) in [4.78, 5) is 27.0. The molecule has 1 amide bonds. The maximum absolute atomic E-state index is 13.2. The van der Waals surface area contributed by atoms with Crippen LogP contribution in [-0.2, 0) is 27.3 Å². The highest BCUT2D eigenvalue weighted by Gasteiger charge is 2.35. The molecule has 0 fully saturated rings.